The maximum atomic E-state index is 12.4. The van der Waals surface area contributed by atoms with E-state index in [4.69, 9.17) is 9.72 Å². The lowest BCUT2D eigenvalue weighted by molar-refractivity contribution is 0.129. The number of carbonyl (C=O) groups is 1. The van der Waals surface area contributed by atoms with E-state index in [2.05, 4.69) is 31.9 Å². The highest BCUT2D eigenvalue weighted by Gasteiger charge is 2.23. The molecule has 0 spiro atoms. The molecule has 0 saturated carbocycles. The molecule has 0 atom stereocenters. The summed E-state index contributed by atoms with van der Waals surface area (Å²) in [5.41, 5.74) is 2.82. The minimum atomic E-state index is 0.0110. The second-order valence-electron chi connectivity index (χ2n) is 7.59. The minimum absolute atomic E-state index is 0.0110. The average Bonchev–Trinajstić information content (AvgIpc) is 3.17. The highest BCUT2D eigenvalue weighted by molar-refractivity contribution is 5.74. The molecule has 1 aliphatic rings. The van der Waals surface area contributed by atoms with Crippen LogP contribution in [0.1, 0.15) is 19.2 Å². The molecule has 4 rings (SSSR count). The van der Waals surface area contributed by atoms with E-state index < -0.39 is 0 Å². The Hall–Kier alpha value is -2.97. The van der Waals surface area contributed by atoms with Crippen LogP contribution in [0.3, 0.4) is 0 Å². The lowest BCUT2D eigenvalue weighted by Gasteiger charge is -2.34. The van der Waals surface area contributed by atoms with E-state index in [1.807, 2.05) is 42.2 Å². The summed E-state index contributed by atoms with van der Waals surface area (Å²) in [7, 11) is 0. The summed E-state index contributed by atoms with van der Waals surface area (Å²) in [5, 5.41) is 2.99. The van der Waals surface area contributed by atoms with E-state index in [0.29, 0.717) is 32.8 Å². The summed E-state index contributed by atoms with van der Waals surface area (Å²) in [4.78, 5) is 26.0. The van der Waals surface area contributed by atoms with Gasteiger partial charge in [0.1, 0.15) is 11.3 Å². The molecule has 1 aliphatic heterocycles. The predicted molar refractivity (Wildman–Crippen MR) is 120 cm³/mol. The Morgan fingerprint density at radius 2 is 1.90 bits per heavy atom. The van der Waals surface area contributed by atoms with Crippen LogP contribution in [0.5, 0.6) is 0 Å². The first kappa shape index (κ1) is 21.3. The van der Waals surface area contributed by atoms with Crippen LogP contribution < -0.4 is 5.32 Å². The second kappa shape index (κ2) is 10.4. The zero-order chi connectivity index (χ0) is 21.5. The van der Waals surface area contributed by atoms with Crippen LogP contribution in [0.15, 0.2) is 48.7 Å². The summed E-state index contributed by atoms with van der Waals surface area (Å²) in [6.07, 6.45) is 2.64. The third-order valence-corrected chi connectivity index (χ3v) is 5.47. The van der Waals surface area contributed by atoms with Crippen molar-refractivity contribution in [3.8, 4) is 5.69 Å². The lowest BCUT2D eigenvalue weighted by Crippen LogP contribution is -2.51. The predicted octanol–water partition coefficient (Wildman–Crippen LogP) is 2.67. The first-order valence-electron chi connectivity index (χ1n) is 11.0. The third-order valence-electron chi connectivity index (χ3n) is 5.47. The molecule has 0 unspecified atom stereocenters. The van der Waals surface area contributed by atoms with Crippen molar-refractivity contribution in [1.82, 2.24) is 29.7 Å². The van der Waals surface area contributed by atoms with E-state index in [9.17, 15) is 4.79 Å². The summed E-state index contributed by atoms with van der Waals surface area (Å²) < 4.78 is 7.44. The summed E-state index contributed by atoms with van der Waals surface area (Å²) in [6, 6.07) is 14.1. The molecule has 8 nitrogen and oxygen atoms in total. The summed E-state index contributed by atoms with van der Waals surface area (Å²) >= 11 is 0. The molecule has 1 aromatic carbocycles. The van der Waals surface area contributed by atoms with Crippen molar-refractivity contribution in [2.24, 2.45) is 0 Å². The maximum absolute atomic E-state index is 12.4. The Balaban J connectivity index is 1.37. The molecule has 2 amide bonds. The second-order valence-corrected chi connectivity index (χ2v) is 7.59. The molecule has 1 saturated heterocycles. The van der Waals surface area contributed by atoms with Gasteiger partial charge in [0.25, 0.3) is 0 Å². The molecule has 0 radical (unpaired) electrons. The van der Waals surface area contributed by atoms with Gasteiger partial charge in [0.05, 0.1) is 6.54 Å². The van der Waals surface area contributed by atoms with Gasteiger partial charge in [-0.05, 0) is 37.6 Å². The molecule has 164 valence electrons. The van der Waals surface area contributed by atoms with Gasteiger partial charge in [-0.1, -0.05) is 18.2 Å². The molecule has 0 bridgehead atoms. The number of benzene rings is 1. The van der Waals surface area contributed by atoms with Gasteiger partial charge in [0, 0.05) is 57.8 Å². The number of pyridine rings is 1. The van der Waals surface area contributed by atoms with Crippen LogP contribution in [0.2, 0.25) is 0 Å². The number of nitrogens with one attached hydrogen (secondary N) is 1. The number of rotatable bonds is 8. The van der Waals surface area contributed by atoms with Gasteiger partial charge in [-0.2, -0.15) is 0 Å². The Morgan fingerprint density at radius 1 is 1.10 bits per heavy atom. The van der Waals surface area contributed by atoms with Crippen molar-refractivity contribution in [3.63, 3.8) is 0 Å². The fourth-order valence-electron chi connectivity index (χ4n) is 3.85. The van der Waals surface area contributed by atoms with Crippen molar-refractivity contribution >= 4 is 17.2 Å². The van der Waals surface area contributed by atoms with Gasteiger partial charge in [-0.3, -0.25) is 9.47 Å². The highest BCUT2D eigenvalue weighted by atomic mass is 16.5. The Morgan fingerprint density at radius 3 is 2.68 bits per heavy atom. The zero-order valence-corrected chi connectivity index (χ0v) is 18.0. The smallest absolute Gasteiger partial charge is 0.317 e. The first-order valence-corrected chi connectivity index (χ1v) is 11.0. The number of carbonyl (C=O) groups excluding carboxylic acids is 1. The number of imidazole rings is 1. The monoisotopic (exact) mass is 422 g/mol. The number of nitrogens with zero attached hydrogens (tertiary/aromatic N) is 5. The van der Waals surface area contributed by atoms with Gasteiger partial charge in [-0.15, -0.1) is 0 Å². The van der Waals surface area contributed by atoms with Gasteiger partial charge in [-0.25, -0.2) is 14.8 Å². The van der Waals surface area contributed by atoms with Crippen LogP contribution in [0.4, 0.5) is 4.79 Å². The molecular weight excluding hydrogens is 392 g/mol. The first-order chi connectivity index (χ1) is 15.3. The Labute approximate surface area is 182 Å². The van der Waals surface area contributed by atoms with Crippen LogP contribution >= 0.6 is 0 Å². The van der Waals surface area contributed by atoms with Crippen molar-refractivity contribution in [3.05, 3.63) is 54.5 Å². The third kappa shape index (κ3) is 5.21. The van der Waals surface area contributed by atoms with Crippen LogP contribution in [-0.2, 0) is 11.3 Å². The highest BCUT2D eigenvalue weighted by Crippen LogP contribution is 2.21. The molecule has 8 heteroatoms. The molecule has 3 aromatic rings. The normalized spacial score (nSPS) is 14.8. The van der Waals surface area contributed by atoms with E-state index in [0.717, 1.165) is 48.7 Å². The largest absolute Gasteiger partial charge is 0.382 e. The number of ether oxygens (including phenoxy) is 1. The Bertz CT molecular complexity index is 982. The van der Waals surface area contributed by atoms with Crippen LogP contribution in [0, 0.1) is 0 Å². The van der Waals surface area contributed by atoms with Crippen LogP contribution in [0.25, 0.3) is 16.9 Å². The number of hydrogen-bond acceptors (Lipinski definition) is 5. The van der Waals surface area contributed by atoms with E-state index in [1.165, 1.54) is 0 Å². The molecular formula is C23H30N6O2. The van der Waals surface area contributed by atoms with E-state index >= 15 is 0 Å². The summed E-state index contributed by atoms with van der Waals surface area (Å²) in [6.45, 7) is 7.79. The molecule has 1 fully saturated rings. The van der Waals surface area contributed by atoms with Gasteiger partial charge in [0.2, 0.25) is 0 Å². The molecule has 1 N–H and O–H groups in total. The number of fused-ring (bicyclic) bond motifs is 1. The number of piperazine rings is 1. The maximum Gasteiger partial charge on any atom is 0.317 e. The number of aromatic nitrogens is 3. The van der Waals surface area contributed by atoms with Crippen LogP contribution in [-0.4, -0.2) is 76.3 Å². The zero-order valence-electron chi connectivity index (χ0n) is 18.0. The summed E-state index contributed by atoms with van der Waals surface area (Å²) in [5.74, 6) is 0.966. The van der Waals surface area contributed by atoms with Crippen molar-refractivity contribution in [2.45, 2.75) is 19.9 Å². The fraction of sp³-hybridized carbons (Fsp3) is 0.435. The van der Waals surface area contributed by atoms with Gasteiger partial charge in [0.15, 0.2) is 5.65 Å². The molecule has 31 heavy (non-hydrogen) atoms. The van der Waals surface area contributed by atoms with Crippen molar-refractivity contribution in [2.75, 3.05) is 45.9 Å². The average molecular weight is 423 g/mol. The number of amides is 2. The molecule has 0 aliphatic carbocycles. The van der Waals surface area contributed by atoms with Gasteiger partial charge >= 0.3 is 6.03 Å². The van der Waals surface area contributed by atoms with E-state index in [-0.39, 0.29) is 6.03 Å². The standard InChI is InChI=1S/C23H30N6O2/c1-2-31-17-7-12-25-23(30)28-15-13-27(14-16-28)18-21-26-20-10-6-11-24-22(20)29(21)19-8-4-3-5-9-19/h3-6,8-11H,2,7,12-18H2,1H3,(H,25,30). The SMILES string of the molecule is CCOCCCNC(=O)N1CCN(Cc2nc3cccnc3n2-c2ccccc2)CC1. The number of para-hydroxylation sites is 1. The van der Waals surface area contributed by atoms with Crippen molar-refractivity contribution in [1.29, 1.82) is 0 Å². The molecule has 2 aromatic heterocycles. The minimum Gasteiger partial charge on any atom is -0.382 e. The van der Waals surface area contributed by atoms with E-state index in [1.54, 1.807) is 6.20 Å². The molecule has 3 heterocycles. The van der Waals surface area contributed by atoms with Crippen molar-refractivity contribution < 1.29 is 9.53 Å². The topological polar surface area (TPSA) is 75.5 Å². The quantitative estimate of drug-likeness (QED) is 0.565. The number of urea groups is 1. The Kier molecular flexibility index (Phi) is 7.11. The lowest BCUT2D eigenvalue weighted by atomic mass is 10.3. The number of hydrogen-bond donors (Lipinski definition) is 1. The van der Waals surface area contributed by atoms with Gasteiger partial charge < -0.3 is 15.0 Å². The fourth-order valence-corrected chi connectivity index (χ4v) is 3.85.